The SMILES string of the molecule is CCC[C@@H]1c2c(OC)ccc(Br)c2C[C@H]2COC(=O)N21. The molecule has 4 nitrogen and oxygen atoms in total. The molecule has 0 saturated carbocycles. The first-order valence-electron chi connectivity index (χ1n) is 6.97. The van der Waals surface area contributed by atoms with Crippen molar-refractivity contribution in [3.63, 3.8) is 0 Å². The topological polar surface area (TPSA) is 38.8 Å². The van der Waals surface area contributed by atoms with E-state index >= 15 is 0 Å². The number of halogens is 1. The van der Waals surface area contributed by atoms with E-state index in [9.17, 15) is 4.79 Å². The number of nitrogens with zero attached hydrogens (tertiary/aromatic N) is 1. The third-order valence-corrected chi connectivity index (χ3v) is 4.90. The molecule has 1 amide bonds. The van der Waals surface area contributed by atoms with Gasteiger partial charge in [0.2, 0.25) is 0 Å². The Bertz CT molecular complexity index is 546. The fraction of sp³-hybridized carbons (Fsp3) is 0.533. The lowest BCUT2D eigenvalue weighted by Gasteiger charge is -2.38. The van der Waals surface area contributed by atoms with Crippen LogP contribution in [-0.4, -0.2) is 30.8 Å². The molecule has 2 aliphatic rings. The first kappa shape index (κ1) is 13.7. The van der Waals surface area contributed by atoms with Gasteiger partial charge in [-0.05, 0) is 30.5 Å². The van der Waals surface area contributed by atoms with Gasteiger partial charge in [-0.2, -0.15) is 0 Å². The van der Waals surface area contributed by atoms with E-state index < -0.39 is 0 Å². The van der Waals surface area contributed by atoms with Crippen molar-refractivity contribution < 1.29 is 14.3 Å². The average molecular weight is 340 g/mol. The number of cyclic esters (lactones) is 1. The molecule has 1 fully saturated rings. The number of rotatable bonds is 3. The van der Waals surface area contributed by atoms with Gasteiger partial charge in [0.15, 0.2) is 0 Å². The van der Waals surface area contributed by atoms with E-state index in [0.717, 1.165) is 35.0 Å². The van der Waals surface area contributed by atoms with Gasteiger partial charge in [0.25, 0.3) is 0 Å². The van der Waals surface area contributed by atoms with Gasteiger partial charge in [-0.15, -0.1) is 0 Å². The highest BCUT2D eigenvalue weighted by molar-refractivity contribution is 9.10. The Balaban J connectivity index is 2.14. The molecule has 1 aromatic carbocycles. The monoisotopic (exact) mass is 339 g/mol. The molecule has 3 rings (SSSR count). The number of fused-ring (bicyclic) bond motifs is 2. The van der Waals surface area contributed by atoms with Crippen LogP contribution in [0.15, 0.2) is 16.6 Å². The van der Waals surface area contributed by atoms with E-state index in [4.69, 9.17) is 9.47 Å². The average Bonchev–Trinajstić information content (AvgIpc) is 2.82. The van der Waals surface area contributed by atoms with Gasteiger partial charge in [-0.1, -0.05) is 29.3 Å². The summed E-state index contributed by atoms with van der Waals surface area (Å²) in [7, 11) is 1.68. The first-order chi connectivity index (χ1) is 9.67. The van der Waals surface area contributed by atoms with Crippen LogP contribution in [0.1, 0.15) is 36.9 Å². The fourth-order valence-corrected chi connectivity index (χ4v) is 3.82. The van der Waals surface area contributed by atoms with E-state index in [1.807, 2.05) is 17.0 Å². The molecule has 0 bridgehead atoms. The maximum absolute atomic E-state index is 12.0. The van der Waals surface area contributed by atoms with Gasteiger partial charge < -0.3 is 9.47 Å². The minimum Gasteiger partial charge on any atom is -0.496 e. The molecule has 2 atom stereocenters. The quantitative estimate of drug-likeness (QED) is 0.843. The minimum absolute atomic E-state index is 0.0520. The molecule has 108 valence electrons. The number of hydrogen-bond donors (Lipinski definition) is 0. The van der Waals surface area contributed by atoms with Crippen molar-refractivity contribution in [2.24, 2.45) is 0 Å². The number of methoxy groups -OCH3 is 1. The molecule has 2 heterocycles. The van der Waals surface area contributed by atoms with Crippen molar-refractivity contribution in [2.45, 2.75) is 38.3 Å². The second-order valence-electron chi connectivity index (χ2n) is 5.29. The van der Waals surface area contributed by atoms with Gasteiger partial charge in [-0.25, -0.2) is 4.79 Å². The molecule has 2 aliphatic heterocycles. The largest absolute Gasteiger partial charge is 0.496 e. The number of amides is 1. The summed E-state index contributed by atoms with van der Waals surface area (Å²) in [5.74, 6) is 0.861. The van der Waals surface area contributed by atoms with Crippen molar-refractivity contribution in [3.05, 3.63) is 27.7 Å². The zero-order chi connectivity index (χ0) is 14.3. The van der Waals surface area contributed by atoms with E-state index in [1.165, 1.54) is 5.56 Å². The molecule has 1 saturated heterocycles. The highest BCUT2D eigenvalue weighted by Gasteiger charge is 2.44. The van der Waals surface area contributed by atoms with Crippen LogP contribution in [0.4, 0.5) is 4.79 Å². The maximum atomic E-state index is 12.0. The molecular weight excluding hydrogens is 322 g/mol. The lowest BCUT2D eigenvalue weighted by atomic mass is 9.86. The normalized spacial score (nSPS) is 24.1. The summed E-state index contributed by atoms with van der Waals surface area (Å²) in [6.45, 7) is 2.62. The highest BCUT2D eigenvalue weighted by atomic mass is 79.9. The van der Waals surface area contributed by atoms with Gasteiger partial charge in [0.05, 0.1) is 19.2 Å². The second-order valence-corrected chi connectivity index (χ2v) is 6.14. The third kappa shape index (κ3) is 1.99. The van der Waals surface area contributed by atoms with E-state index in [1.54, 1.807) is 7.11 Å². The Morgan fingerprint density at radius 2 is 2.30 bits per heavy atom. The Hall–Kier alpha value is -1.23. The van der Waals surface area contributed by atoms with Crippen molar-refractivity contribution in [3.8, 4) is 5.75 Å². The summed E-state index contributed by atoms with van der Waals surface area (Å²) < 4.78 is 11.9. The second kappa shape index (κ2) is 5.28. The summed E-state index contributed by atoms with van der Waals surface area (Å²) in [4.78, 5) is 13.9. The molecule has 20 heavy (non-hydrogen) atoms. The Morgan fingerprint density at radius 1 is 1.50 bits per heavy atom. The fourth-order valence-electron chi connectivity index (χ4n) is 3.31. The van der Waals surface area contributed by atoms with Crippen LogP contribution in [0.5, 0.6) is 5.75 Å². The predicted octanol–water partition coefficient (Wildman–Crippen LogP) is 3.68. The van der Waals surface area contributed by atoms with Gasteiger partial charge in [0, 0.05) is 10.0 Å². The number of benzene rings is 1. The van der Waals surface area contributed by atoms with Crippen LogP contribution in [0.3, 0.4) is 0 Å². The lowest BCUT2D eigenvalue weighted by Crippen LogP contribution is -2.42. The van der Waals surface area contributed by atoms with E-state index in [-0.39, 0.29) is 18.2 Å². The Morgan fingerprint density at radius 3 is 3.00 bits per heavy atom. The minimum atomic E-state index is -0.193. The summed E-state index contributed by atoms with van der Waals surface area (Å²) >= 11 is 3.64. The van der Waals surface area contributed by atoms with Crippen molar-refractivity contribution in [2.75, 3.05) is 13.7 Å². The van der Waals surface area contributed by atoms with Crippen LogP contribution in [0, 0.1) is 0 Å². The molecule has 1 aromatic rings. The van der Waals surface area contributed by atoms with Gasteiger partial charge in [-0.3, -0.25) is 4.90 Å². The molecule has 0 N–H and O–H groups in total. The first-order valence-corrected chi connectivity index (χ1v) is 7.77. The summed E-state index contributed by atoms with van der Waals surface area (Å²) in [5, 5.41) is 0. The van der Waals surface area contributed by atoms with Crippen LogP contribution < -0.4 is 4.74 Å². The van der Waals surface area contributed by atoms with Crippen LogP contribution in [-0.2, 0) is 11.2 Å². The van der Waals surface area contributed by atoms with Gasteiger partial charge in [0.1, 0.15) is 12.4 Å². The van der Waals surface area contributed by atoms with Crippen LogP contribution in [0.2, 0.25) is 0 Å². The smallest absolute Gasteiger partial charge is 0.410 e. The predicted molar refractivity (Wildman–Crippen MR) is 79.0 cm³/mol. The van der Waals surface area contributed by atoms with Gasteiger partial charge >= 0.3 is 6.09 Å². The molecule has 5 heteroatoms. The molecule has 0 aliphatic carbocycles. The number of hydrogen-bond acceptors (Lipinski definition) is 3. The summed E-state index contributed by atoms with van der Waals surface area (Å²) in [6.07, 6.45) is 2.56. The Kier molecular flexibility index (Phi) is 3.63. The number of carbonyl (C=O) groups excluding carboxylic acids is 1. The molecule has 0 aromatic heterocycles. The number of carbonyl (C=O) groups is 1. The summed E-state index contributed by atoms with van der Waals surface area (Å²) in [5.41, 5.74) is 2.39. The van der Waals surface area contributed by atoms with Crippen molar-refractivity contribution in [1.29, 1.82) is 0 Å². The zero-order valence-electron chi connectivity index (χ0n) is 11.7. The zero-order valence-corrected chi connectivity index (χ0v) is 13.3. The lowest BCUT2D eigenvalue weighted by molar-refractivity contribution is 0.136. The van der Waals surface area contributed by atoms with E-state index in [2.05, 4.69) is 22.9 Å². The maximum Gasteiger partial charge on any atom is 0.410 e. The van der Waals surface area contributed by atoms with Crippen molar-refractivity contribution >= 4 is 22.0 Å². The van der Waals surface area contributed by atoms with Crippen LogP contribution in [0.25, 0.3) is 0 Å². The van der Waals surface area contributed by atoms with Crippen LogP contribution >= 0.6 is 15.9 Å². The Labute approximate surface area is 127 Å². The van der Waals surface area contributed by atoms with Crippen molar-refractivity contribution in [1.82, 2.24) is 4.90 Å². The highest BCUT2D eigenvalue weighted by Crippen LogP contribution is 2.45. The molecular formula is C15H18BrNO3. The molecule has 0 spiro atoms. The standard InChI is InChI=1S/C15H18BrNO3/c1-3-4-12-14-10(11(16)5-6-13(14)19-2)7-9-8-20-15(18)17(9)12/h5-6,9,12H,3-4,7-8H2,1-2H3/t9-,12+/m0/s1. The van der Waals surface area contributed by atoms with E-state index in [0.29, 0.717) is 6.61 Å². The number of ether oxygens (including phenoxy) is 2. The molecule has 0 radical (unpaired) electrons. The molecule has 0 unspecified atom stereocenters. The third-order valence-electron chi connectivity index (χ3n) is 4.15. The summed E-state index contributed by atoms with van der Waals surface area (Å²) in [6, 6.07) is 4.19.